The van der Waals surface area contributed by atoms with Gasteiger partial charge in [-0.05, 0) is 42.5 Å². The van der Waals surface area contributed by atoms with Gasteiger partial charge in [0.1, 0.15) is 42.0 Å². The van der Waals surface area contributed by atoms with Crippen LogP contribution in [0, 0.1) is 11.8 Å². The van der Waals surface area contributed by atoms with Crippen molar-refractivity contribution in [2.24, 2.45) is 11.8 Å². The molecular weight excluding hydrogens is 610 g/mol. The molecule has 2 aromatic rings. The van der Waals surface area contributed by atoms with Crippen molar-refractivity contribution in [3.8, 4) is 5.75 Å². The highest BCUT2D eigenvalue weighted by atomic mass is 16.6. The molecule has 1 aromatic heterocycles. The van der Waals surface area contributed by atoms with Crippen LogP contribution in [0.5, 0.6) is 5.75 Å². The molecule has 5 atom stereocenters. The number of hydrogen-bond acceptors (Lipinski definition) is 10. The Balaban J connectivity index is 1.79. The minimum absolute atomic E-state index is 0.0242. The summed E-state index contributed by atoms with van der Waals surface area (Å²) in [4.78, 5) is 87.0. The summed E-state index contributed by atoms with van der Waals surface area (Å²) in [7, 11) is 1.52. The molecule has 1 aliphatic heterocycles. The SMILES string of the molecule is CC[C@@H](C=O)NC(=O)[C@@H]1C[C@@H](OC(=O)Nc2ccc(OC)cc2)CN1C(=O)[C@@H](NC(=O)[C@@H](NC(=O)c1cnccn1)C(C)C)C(C)C. The summed E-state index contributed by atoms with van der Waals surface area (Å²) in [5.74, 6) is -2.59. The van der Waals surface area contributed by atoms with Crippen molar-refractivity contribution in [3.05, 3.63) is 48.5 Å². The van der Waals surface area contributed by atoms with Crippen molar-refractivity contribution >= 4 is 41.7 Å². The number of carbonyl (C=O) groups excluding carboxylic acids is 6. The molecule has 1 saturated heterocycles. The molecule has 0 aliphatic carbocycles. The number of amides is 5. The average Bonchev–Trinajstić information content (AvgIpc) is 3.48. The van der Waals surface area contributed by atoms with Crippen LogP contribution in [0.1, 0.15) is 57.9 Å². The Morgan fingerprint density at radius 2 is 1.66 bits per heavy atom. The molecule has 15 nitrogen and oxygen atoms in total. The van der Waals surface area contributed by atoms with Gasteiger partial charge in [-0.15, -0.1) is 0 Å². The van der Waals surface area contributed by atoms with E-state index in [1.54, 1.807) is 58.9 Å². The van der Waals surface area contributed by atoms with Crippen molar-refractivity contribution in [3.63, 3.8) is 0 Å². The van der Waals surface area contributed by atoms with Crippen molar-refractivity contribution < 1.29 is 38.2 Å². The van der Waals surface area contributed by atoms with E-state index in [0.717, 1.165) is 0 Å². The Morgan fingerprint density at radius 1 is 0.979 bits per heavy atom. The molecule has 47 heavy (non-hydrogen) atoms. The van der Waals surface area contributed by atoms with Gasteiger partial charge in [0.25, 0.3) is 5.91 Å². The van der Waals surface area contributed by atoms with Crippen LogP contribution in [0.2, 0.25) is 0 Å². The molecule has 1 aliphatic rings. The summed E-state index contributed by atoms with van der Waals surface area (Å²) >= 11 is 0. The first-order valence-corrected chi connectivity index (χ1v) is 15.4. The smallest absolute Gasteiger partial charge is 0.411 e. The molecule has 4 N–H and O–H groups in total. The Labute approximate surface area is 273 Å². The zero-order valence-corrected chi connectivity index (χ0v) is 27.4. The number of hydrogen-bond donors (Lipinski definition) is 4. The minimum atomic E-state index is -1.10. The summed E-state index contributed by atoms with van der Waals surface area (Å²) < 4.78 is 10.7. The Kier molecular flexibility index (Phi) is 13.2. The number of nitrogens with zero attached hydrogens (tertiary/aromatic N) is 3. The van der Waals surface area contributed by atoms with Crippen LogP contribution in [0.15, 0.2) is 42.9 Å². The van der Waals surface area contributed by atoms with Gasteiger partial charge in [0.15, 0.2) is 0 Å². The molecule has 0 radical (unpaired) electrons. The van der Waals surface area contributed by atoms with Gasteiger partial charge in [0.2, 0.25) is 17.7 Å². The molecule has 2 heterocycles. The second-order valence-electron chi connectivity index (χ2n) is 11.8. The van der Waals surface area contributed by atoms with E-state index in [1.165, 1.54) is 30.6 Å². The fourth-order valence-corrected chi connectivity index (χ4v) is 4.96. The lowest BCUT2D eigenvalue weighted by atomic mass is 9.98. The van der Waals surface area contributed by atoms with E-state index in [4.69, 9.17) is 9.47 Å². The van der Waals surface area contributed by atoms with Crippen molar-refractivity contribution in [2.75, 3.05) is 19.0 Å². The summed E-state index contributed by atoms with van der Waals surface area (Å²) in [5, 5.41) is 10.6. The molecule has 3 rings (SSSR count). The fraction of sp³-hybridized carbons (Fsp3) is 0.500. The first kappa shape index (κ1) is 36.4. The summed E-state index contributed by atoms with van der Waals surface area (Å²) in [5.41, 5.74) is 0.470. The number of methoxy groups -OCH3 is 1. The maximum absolute atomic E-state index is 14.1. The number of benzene rings is 1. The second kappa shape index (κ2) is 17.0. The molecule has 1 fully saturated rings. The van der Waals surface area contributed by atoms with E-state index in [1.807, 2.05) is 0 Å². The third-order valence-corrected chi connectivity index (χ3v) is 7.65. The van der Waals surface area contributed by atoms with E-state index in [-0.39, 0.29) is 24.6 Å². The number of carbonyl (C=O) groups is 6. The zero-order chi connectivity index (χ0) is 34.7. The maximum Gasteiger partial charge on any atom is 0.411 e. The topological polar surface area (TPSA) is 198 Å². The quantitative estimate of drug-likeness (QED) is 0.218. The summed E-state index contributed by atoms with van der Waals surface area (Å²) in [6, 6.07) is 2.58. The normalized spacial score (nSPS) is 17.7. The van der Waals surface area contributed by atoms with Gasteiger partial charge in [-0.25, -0.2) is 9.78 Å². The third kappa shape index (κ3) is 9.95. The lowest BCUT2D eigenvalue weighted by molar-refractivity contribution is -0.143. The van der Waals surface area contributed by atoms with Crippen LogP contribution >= 0.6 is 0 Å². The lowest BCUT2D eigenvalue weighted by Crippen LogP contribution is -2.59. The highest BCUT2D eigenvalue weighted by molar-refractivity contribution is 5.98. The second-order valence-corrected chi connectivity index (χ2v) is 11.8. The number of aldehydes is 1. The third-order valence-electron chi connectivity index (χ3n) is 7.65. The molecule has 1 aromatic carbocycles. The van der Waals surface area contributed by atoms with Crippen LogP contribution in [0.25, 0.3) is 0 Å². The standard InChI is InChI=1S/C32H43N7O8/c1-7-20(17-40)35-29(42)25-14-23(47-32(45)36-21-8-10-22(46-6)11-9-21)16-39(25)31(44)27(19(4)5)38-30(43)26(18(2)3)37-28(41)24-15-33-12-13-34-24/h8-13,15,17-20,23,25-27H,7,14,16H2,1-6H3,(H,35,42)(H,36,45)(H,37,41)(H,38,43)/t20-,23+,25-,26-,27-/m0/s1. The highest BCUT2D eigenvalue weighted by Crippen LogP contribution is 2.25. The number of aromatic nitrogens is 2. The molecular formula is C32H43N7O8. The number of nitrogens with one attached hydrogen (secondary N) is 4. The molecule has 5 amide bonds. The number of likely N-dealkylation sites (tertiary alicyclic amines) is 1. The first-order valence-electron chi connectivity index (χ1n) is 15.4. The first-order chi connectivity index (χ1) is 22.4. The zero-order valence-electron chi connectivity index (χ0n) is 27.4. The van der Waals surface area contributed by atoms with Gasteiger partial charge in [-0.3, -0.25) is 29.5 Å². The van der Waals surface area contributed by atoms with Crippen molar-refractivity contribution in [1.82, 2.24) is 30.8 Å². The predicted octanol–water partition coefficient (Wildman–Crippen LogP) is 1.69. The Bertz CT molecular complexity index is 1400. The number of rotatable bonds is 14. The van der Waals surface area contributed by atoms with Crippen LogP contribution in [0.3, 0.4) is 0 Å². The van der Waals surface area contributed by atoms with E-state index in [9.17, 15) is 28.8 Å². The van der Waals surface area contributed by atoms with E-state index >= 15 is 0 Å². The van der Waals surface area contributed by atoms with Gasteiger partial charge in [-0.1, -0.05) is 34.6 Å². The molecule has 0 unspecified atom stereocenters. The van der Waals surface area contributed by atoms with Gasteiger partial charge in [0.05, 0.1) is 25.9 Å². The maximum atomic E-state index is 14.1. The monoisotopic (exact) mass is 653 g/mol. The number of ether oxygens (including phenoxy) is 2. The molecule has 0 bridgehead atoms. The minimum Gasteiger partial charge on any atom is -0.497 e. The molecule has 254 valence electrons. The predicted molar refractivity (Wildman–Crippen MR) is 170 cm³/mol. The lowest BCUT2D eigenvalue weighted by Gasteiger charge is -2.32. The van der Waals surface area contributed by atoms with Crippen LogP contribution in [0.4, 0.5) is 10.5 Å². The fourth-order valence-electron chi connectivity index (χ4n) is 4.96. The summed E-state index contributed by atoms with van der Waals surface area (Å²) in [6.07, 6.45) is 3.28. The van der Waals surface area contributed by atoms with Crippen LogP contribution in [-0.2, 0) is 23.9 Å². The van der Waals surface area contributed by atoms with Crippen LogP contribution < -0.4 is 26.0 Å². The molecule has 0 saturated carbocycles. The van der Waals surface area contributed by atoms with Gasteiger partial charge in [-0.2, -0.15) is 0 Å². The van der Waals surface area contributed by atoms with Gasteiger partial charge >= 0.3 is 6.09 Å². The number of anilines is 1. The van der Waals surface area contributed by atoms with E-state index in [2.05, 4.69) is 31.2 Å². The molecule has 0 spiro atoms. The van der Waals surface area contributed by atoms with E-state index < -0.39 is 65.9 Å². The largest absolute Gasteiger partial charge is 0.497 e. The highest BCUT2D eigenvalue weighted by Gasteiger charge is 2.45. The van der Waals surface area contributed by atoms with Gasteiger partial charge in [0, 0.05) is 24.5 Å². The summed E-state index contributed by atoms with van der Waals surface area (Å²) in [6.45, 7) is 8.53. The van der Waals surface area contributed by atoms with Crippen molar-refractivity contribution in [1.29, 1.82) is 0 Å². The average molecular weight is 654 g/mol. The van der Waals surface area contributed by atoms with Crippen molar-refractivity contribution in [2.45, 2.75) is 77.7 Å². The Morgan fingerprint density at radius 3 is 2.21 bits per heavy atom. The van der Waals surface area contributed by atoms with Gasteiger partial charge < -0.3 is 35.1 Å². The van der Waals surface area contributed by atoms with E-state index in [0.29, 0.717) is 24.1 Å². The Hall–Kier alpha value is -5.08. The molecule has 15 heteroatoms. The van der Waals surface area contributed by atoms with Crippen LogP contribution in [-0.4, -0.2) is 94.8 Å².